The Morgan fingerprint density at radius 3 is 2.86 bits per heavy atom. The van der Waals surface area contributed by atoms with Crippen LogP contribution in [0.5, 0.6) is 0 Å². The molecule has 0 spiro atoms. The Bertz CT molecular complexity index is 719. The summed E-state index contributed by atoms with van der Waals surface area (Å²) in [5, 5.41) is 1.99. The van der Waals surface area contributed by atoms with Gasteiger partial charge in [0, 0.05) is 6.08 Å². The molecular weight excluding hydrogens is 276 g/mol. The molecule has 0 saturated carbocycles. The molecule has 2 aliphatic rings. The highest BCUT2D eigenvalue weighted by Gasteiger charge is 2.38. The lowest BCUT2D eigenvalue weighted by atomic mass is 9.87. The number of aryl methyl sites for hydroxylation is 2. The highest BCUT2D eigenvalue weighted by Crippen LogP contribution is 2.42. The summed E-state index contributed by atoms with van der Waals surface area (Å²) in [5.74, 6) is 2.22. The van der Waals surface area contributed by atoms with E-state index in [0.29, 0.717) is 5.88 Å². The summed E-state index contributed by atoms with van der Waals surface area (Å²) < 4.78 is 5.80. The number of benzene rings is 1. The van der Waals surface area contributed by atoms with Crippen molar-refractivity contribution in [2.75, 3.05) is 0 Å². The predicted octanol–water partition coefficient (Wildman–Crippen LogP) is 3.75. The molecule has 0 radical (unpaired) electrons. The van der Waals surface area contributed by atoms with Gasteiger partial charge in [-0.25, -0.2) is 0 Å². The van der Waals surface area contributed by atoms with Gasteiger partial charge in [-0.2, -0.15) is 0 Å². The Hall–Kier alpha value is -2.20. The second-order valence-electron chi connectivity index (χ2n) is 6.02. The topological polar surface area (TPSA) is 51.6 Å². The lowest BCUT2D eigenvalue weighted by molar-refractivity contribution is -0.161. The van der Waals surface area contributed by atoms with Gasteiger partial charge in [-0.3, -0.25) is 0 Å². The molecule has 2 unspecified atom stereocenters. The second kappa shape index (κ2) is 5.21. The average Bonchev–Trinajstić information content (AvgIpc) is 3.12. The smallest absolute Gasteiger partial charge is 0.207 e. The largest absolute Gasteiger partial charge is 0.464 e. The fourth-order valence-electron chi connectivity index (χ4n) is 3.51. The molecule has 1 aromatic heterocycles. The number of hydroxylamine groups is 2. The summed E-state index contributed by atoms with van der Waals surface area (Å²) in [6.45, 7) is 1.95. The zero-order valence-corrected chi connectivity index (χ0v) is 12.7. The van der Waals surface area contributed by atoms with Crippen LogP contribution in [-0.4, -0.2) is 5.06 Å². The Kier molecular flexibility index (Phi) is 3.19. The summed E-state index contributed by atoms with van der Waals surface area (Å²) >= 11 is 0. The van der Waals surface area contributed by atoms with Crippen molar-refractivity contribution < 1.29 is 9.25 Å². The van der Waals surface area contributed by atoms with Gasteiger partial charge >= 0.3 is 0 Å². The first-order valence-electron chi connectivity index (χ1n) is 7.80. The molecular formula is C18H20N2O2. The van der Waals surface area contributed by atoms with Gasteiger partial charge in [-0.15, -0.1) is 5.06 Å². The van der Waals surface area contributed by atoms with Crippen LogP contribution in [0, 0.1) is 6.92 Å². The van der Waals surface area contributed by atoms with Crippen molar-refractivity contribution in [3.63, 3.8) is 0 Å². The summed E-state index contributed by atoms with van der Waals surface area (Å²) in [4.78, 5) is 5.85. The van der Waals surface area contributed by atoms with Crippen LogP contribution in [0.25, 0.3) is 0 Å². The lowest BCUT2D eigenvalue weighted by Gasteiger charge is -2.34. The van der Waals surface area contributed by atoms with Gasteiger partial charge in [0.05, 0.1) is 6.04 Å². The minimum absolute atomic E-state index is 0.0649. The highest BCUT2D eigenvalue weighted by atomic mass is 16.7. The third kappa shape index (κ3) is 2.20. The predicted molar refractivity (Wildman–Crippen MR) is 83.5 cm³/mol. The molecule has 1 aromatic carbocycles. The maximum Gasteiger partial charge on any atom is 0.207 e. The van der Waals surface area contributed by atoms with Gasteiger partial charge in [0.1, 0.15) is 17.6 Å². The molecule has 2 aromatic rings. The molecule has 1 aliphatic carbocycles. The molecule has 4 rings (SSSR count). The van der Waals surface area contributed by atoms with Gasteiger partial charge in [-0.05, 0) is 49.4 Å². The quantitative estimate of drug-likeness (QED) is 0.917. The number of fused-ring (bicyclic) bond motifs is 1. The van der Waals surface area contributed by atoms with E-state index in [2.05, 4.69) is 24.3 Å². The molecule has 1 aliphatic heterocycles. The number of nitrogens with two attached hydrogens (primary N) is 1. The summed E-state index contributed by atoms with van der Waals surface area (Å²) in [6, 6.07) is 12.7. The fraction of sp³-hybridized carbons (Fsp3) is 0.333. The Balaban J connectivity index is 1.70. The van der Waals surface area contributed by atoms with Gasteiger partial charge in [0.2, 0.25) is 5.88 Å². The SMILES string of the molecule is Cc1ccc(C2C=C(N)ON2C2CCCc3ccccc32)o1. The molecule has 2 N–H and O–H groups in total. The first-order valence-corrected chi connectivity index (χ1v) is 7.80. The van der Waals surface area contributed by atoms with Gasteiger partial charge in [0.15, 0.2) is 0 Å². The summed E-state index contributed by atoms with van der Waals surface area (Å²) in [7, 11) is 0. The normalized spacial score (nSPS) is 24.7. The van der Waals surface area contributed by atoms with Crippen molar-refractivity contribution >= 4 is 0 Å². The Morgan fingerprint density at radius 1 is 1.18 bits per heavy atom. The van der Waals surface area contributed by atoms with E-state index in [1.165, 1.54) is 11.1 Å². The molecule has 0 bridgehead atoms. The van der Waals surface area contributed by atoms with Crippen LogP contribution in [0.2, 0.25) is 0 Å². The van der Waals surface area contributed by atoms with E-state index in [1.807, 2.05) is 30.2 Å². The molecule has 22 heavy (non-hydrogen) atoms. The molecule has 4 nitrogen and oxygen atoms in total. The number of hydrogen-bond donors (Lipinski definition) is 1. The van der Waals surface area contributed by atoms with Crippen LogP contribution >= 0.6 is 0 Å². The van der Waals surface area contributed by atoms with Gasteiger partial charge in [-0.1, -0.05) is 24.3 Å². The minimum atomic E-state index is -0.0649. The highest BCUT2D eigenvalue weighted by molar-refractivity contribution is 5.33. The van der Waals surface area contributed by atoms with E-state index < -0.39 is 0 Å². The van der Waals surface area contributed by atoms with Crippen molar-refractivity contribution in [1.82, 2.24) is 5.06 Å². The zero-order valence-electron chi connectivity index (χ0n) is 12.7. The second-order valence-corrected chi connectivity index (χ2v) is 6.02. The molecule has 114 valence electrons. The summed E-state index contributed by atoms with van der Waals surface area (Å²) in [5.41, 5.74) is 8.68. The average molecular weight is 296 g/mol. The van der Waals surface area contributed by atoms with Crippen LogP contribution in [0.4, 0.5) is 0 Å². The van der Waals surface area contributed by atoms with E-state index in [9.17, 15) is 0 Å². The van der Waals surface area contributed by atoms with Crippen LogP contribution in [0.1, 0.15) is 47.6 Å². The number of furan rings is 1. The minimum Gasteiger partial charge on any atom is -0.464 e. The van der Waals surface area contributed by atoms with E-state index >= 15 is 0 Å². The molecule has 0 saturated heterocycles. The first kappa shape index (κ1) is 13.5. The molecule has 0 amide bonds. The molecule has 2 atom stereocenters. The lowest BCUT2D eigenvalue weighted by Crippen LogP contribution is -2.31. The van der Waals surface area contributed by atoms with E-state index in [4.69, 9.17) is 15.0 Å². The van der Waals surface area contributed by atoms with Gasteiger partial charge in [0.25, 0.3) is 0 Å². The van der Waals surface area contributed by atoms with Crippen LogP contribution in [0.15, 0.2) is 52.8 Å². The molecule has 4 heteroatoms. The van der Waals surface area contributed by atoms with Crippen LogP contribution < -0.4 is 5.73 Å². The van der Waals surface area contributed by atoms with Crippen molar-refractivity contribution in [3.05, 3.63) is 71.0 Å². The Morgan fingerprint density at radius 2 is 2.05 bits per heavy atom. The fourth-order valence-corrected chi connectivity index (χ4v) is 3.51. The third-order valence-electron chi connectivity index (χ3n) is 4.50. The van der Waals surface area contributed by atoms with Crippen molar-refractivity contribution in [2.24, 2.45) is 5.73 Å². The third-order valence-corrected chi connectivity index (χ3v) is 4.50. The monoisotopic (exact) mass is 296 g/mol. The molecule has 2 heterocycles. The standard InChI is InChI=1S/C18H20N2O2/c1-12-9-10-17(21-12)16-11-18(19)22-20(16)15-8-4-6-13-5-2-3-7-14(13)15/h2-3,5,7,9-11,15-16H,4,6,8,19H2,1H3. The van der Waals surface area contributed by atoms with Crippen LogP contribution in [0.3, 0.4) is 0 Å². The van der Waals surface area contributed by atoms with E-state index in [-0.39, 0.29) is 12.1 Å². The van der Waals surface area contributed by atoms with E-state index in [0.717, 1.165) is 30.8 Å². The van der Waals surface area contributed by atoms with Crippen molar-refractivity contribution in [2.45, 2.75) is 38.3 Å². The zero-order chi connectivity index (χ0) is 15.1. The molecule has 0 fully saturated rings. The Labute approximate surface area is 130 Å². The number of rotatable bonds is 2. The van der Waals surface area contributed by atoms with Crippen LogP contribution in [-0.2, 0) is 11.3 Å². The number of hydrogen-bond acceptors (Lipinski definition) is 4. The van der Waals surface area contributed by atoms with Gasteiger partial charge < -0.3 is 15.0 Å². The van der Waals surface area contributed by atoms with E-state index in [1.54, 1.807) is 0 Å². The first-order chi connectivity index (χ1) is 10.7. The van der Waals surface area contributed by atoms with Crippen molar-refractivity contribution in [1.29, 1.82) is 0 Å². The summed E-state index contributed by atoms with van der Waals surface area (Å²) in [6.07, 6.45) is 5.28. The van der Waals surface area contributed by atoms with Crippen molar-refractivity contribution in [3.8, 4) is 0 Å². The maximum absolute atomic E-state index is 5.94. The number of nitrogens with zero attached hydrogens (tertiary/aromatic N) is 1. The maximum atomic E-state index is 5.94.